The fourth-order valence-corrected chi connectivity index (χ4v) is 4.51. The van der Waals surface area contributed by atoms with Gasteiger partial charge in [0.25, 0.3) is 5.56 Å². The predicted octanol–water partition coefficient (Wildman–Crippen LogP) is 3.06. The van der Waals surface area contributed by atoms with Gasteiger partial charge in [0.15, 0.2) is 18.2 Å². The summed E-state index contributed by atoms with van der Waals surface area (Å²) in [6.45, 7) is 2.56. The zero-order valence-electron chi connectivity index (χ0n) is 19.7. The summed E-state index contributed by atoms with van der Waals surface area (Å²) in [5, 5.41) is 6.36. The quantitative estimate of drug-likeness (QED) is 0.292. The molecule has 0 unspecified atom stereocenters. The molecule has 1 aliphatic rings. The van der Waals surface area contributed by atoms with Gasteiger partial charge in [0.1, 0.15) is 11.7 Å². The summed E-state index contributed by atoms with van der Waals surface area (Å²) < 4.78 is 22.5. The van der Waals surface area contributed by atoms with Gasteiger partial charge in [-0.3, -0.25) is 23.6 Å². The maximum Gasteiger partial charge on any atom is 0.329 e. The zero-order valence-corrected chi connectivity index (χ0v) is 20.4. The SMILES string of the molecule is CC(=O)Nc1cc(C(=O)COC(=O)[C@@H]2C[C@H](C)c3cc(-c4c(N)ccc(Cl)c4F)cc(=O)n32)n(C)n1. The van der Waals surface area contributed by atoms with Gasteiger partial charge in [0.2, 0.25) is 11.7 Å². The molecule has 0 saturated heterocycles. The van der Waals surface area contributed by atoms with Gasteiger partial charge in [-0.25, -0.2) is 9.18 Å². The Kier molecular flexibility index (Phi) is 6.68. The van der Waals surface area contributed by atoms with E-state index in [-0.39, 0.29) is 51.6 Å². The van der Waals surface area contributed by atoms with E-state index in [2.05, 4.69) is 10.4 Å². The van der Waals surface area contributed by atoms with Crippen molar-refractivity contribution in [1.82, 2.24) is 14.3 Å². The zero-order chi connectivity index (χ0) is 26.3. The molecule has 0 bridgehead atoms. The van der Waals surface area contributed by atoms with Crippen LogP contribution in [0.3, 0.4) is 0 Å². The summed E-state index contributed by atoms with van der Waals surface area (Å²) in [7, 11) is 1.52. The van der Waals surface area contributed by atoms with Gasteiger partial charge in [0, 0.05) is 43.0 Å². The molecular formula is C24H23ClFN5O5. The number of anilines is 2. The lowest BCUT2D eigenvalue weighted by Crippen LogP contribution is -2.30. The Morgan fingerprint density at radius 2 is 2.00 bits per heavy atom. The molecule has 0 aliphatic carbocycles. The Balaban J connectivity index is 1.55. The number of benzene rings is 1. The summed E-state index contributed by atoms with van der Waals surface area (Å²) in [4.78, 5) is 49.7. The Morgan fingerprint density at radius 1 is 1.28 bits per heavy atom. The molecule has 2 aromatic heterocycles. The maximum absolute atomic E-state index is 14.7. The molecule has 1 aromatic carbocycles. The minimum atomic E-state index is -0.951. The van der Waals surface area contributed by atoms with Crippen LogP contribution in [0.5, 0.6) is 0 Å². The fourth-order valence-electron chi connectivity index (χ4n) is 4.36. The molecule has 4 rings (SSSR count). The van der Waals surface area contributed by atoms with E-state index in [0.29, 0.717) is 5.69 Å². The number of hydrogen-bond acceptors (Lipinski definition) is 7. The molecule has 0 fully saturated rings. The second-order valence-electron chi connectivity index (χ2n) is 8.61. The lowest BCUT2D eigenvalue weighted by molar-refractivity contribution is -0.146. The second kappa shape index (κ2) is 9.57. The Morgan fingerprint density at radius 3 is 2.69 bits per heavy atom. The minimum absolute atomic E-state index is 0.0154. The van der Waals surface area contributed by atoms with Crippen molar-refractivity contribution >= 4 is 40.8 Å². The third kappa shape index (κ3) is 4.61. The average Bonchev–Trinajstić information content (AvgIpc) is 3.34. The number of nitrogens with two attached hydrogens (primary N) is 1. The fraction of sp³-hybridized carbons (Fsp3) is 0.292. The van der Waals surface area contributed by atoms with Crippen LogP contribution in [-0.2, 0) is 21.4 Å². The van der Waals surface area contributed by atoms with Gasteiger partial charge in [-0.2, -0.15) is 5.10 Å². The van der Waals surface area contributed by atoms with Crippen molar-refractivity contribution in [3.8, 4) is 11.1 Å². The van der Waals surface area contributed by atoms with Gasteiger partial charge < -0.3 is 15.8 Å². The molecule has 2 atom stereocenters. The average molecular weight is 516 g/mol. The van der Waals surface area contributed by atoms with Crippen molar-refractivity contribution in [2.75, 3.05) is 17.7 Å². The molecule has 1 amide bonds. The first-order valence-electron chi connectivity index (χ1n) is 11.0. The van der Waals surface area contributed by atoms with Crippen molar-refractivity contribution in [3.05, 3.63) is 62.9 Å². The molecule has 0 saturated carbocycles. The molecule has 3 aromatic rings. The number of nitrogens with one attached hydrogen (secondary N) is 1. The maximum atomic E-state index is 14.7. The van der Waals surface area contributed by atoms with E-state index in [1.807, 2.05) is 6.92 Å². The number of carbonyl (C=O) groups excluding carboxylic acids is 3. The smallest absolute Gasteiger partial charge is 0.329 e. The number of fused-ring (bicyclic) bond motifs is 1. The van der Waals surface area contributed by atoms with Gasteiger partial charge >= 0.3 is 5.97 Å². The lowest BCUT2D eigenvalue weighted by Gasteiger charge is -2.15. The summed E-state index contributed by atoms with van der Waals surface area (Å²) >= 11 is 5.90. The van der Waals surface area contributed by atoms with E-state index in [1.165, 1.54) is 47.5 Å². The number of pyridine rings is 1. The molecule has 188 valence electrons. The molecule has 10 nitrogen and oxygen atoms in total. The van der Waals surface area contributed by atoms with E-state index in [4.69, 9.17) is 22.1 Å². The molecule has 3 heterocycles. The third-order valence-electron chi connectivity index (χ3n) is 5.99. The van der Waals surface area contributed by atoms with Crippen molar-refractivity contribution < 1.29 is 23.5 Å². The number of esters is 1. The van der Waals surface area contributed by atoms with Gasteiger partial charge in [-0.1, -0.05) is 18.5 Å². The number of carbonyl (C=O) groups is 3. The van der Waals surface area contributed by atoms with Crippen LogP contribution in [0.2, 0.25) is 5.02 Å². The first kappa shape index (κ1) is 25.1. The number of amides is 1. The van der Waals surface area contributed by atoms with E-state index in [9.17, 15) is 23.6 Å². The highest BCUT2D eigenvalue weighted by molar-refractivity contribution is 6.31. The normalized spacial score (nSPS) is 16.5. The molecule has 12 heteroatoms. The van der Waals surface area contributed by atoms with Crippen molar-refractivity contribution in [2.24, 2.45) is 7.05 Å². The van der Waals surface area contributed by atoms with Crippen LogP contribution in [0.15, 0.2) is 35.1 Å². The van der Waals surface area contributed by atoms with Gasteiger partial charge in [-0.05, 0) is 36.1 Å². The number of halogens is 2. The summed E-state index contributed by atoms with van der Waals surface area (Å²) in [5.41, 5.74) is 6.44. The van der Waals surface area contributed by atoms with Crippen molar-refractivity contribution in [3.63, 3.8) is 0 Å². The molecule has 1 aliphatic heterocycles. The van der Waals surface area contributed by atoms with Crippen LogP contribution >= 0.6 is 11.6 Å². The Hall–Kier alpha value is -3.99. The van der Waals surface area contributed by atoms with E-state index in [1.54, 1.807) is 6.07 Å². The monoisotopic (exact) mass is 515 g/mol. The van der Waals surface area contributed by atoms with Crippen LogP contribution in [0.1, 0.15) is 48.4 Å². The topological polar surface area (TPSA) is 138 Å². The van der Waals surface area contributed by atoms with Crippen molar-refractivity contribution in [2.45, 2.75) is 32.2 Å². The number of aromatic nitrogens is 3. The lowest BCUT2D eigenvalue weighted by atomic mass is 9.99. The summed E-state index contributed by atoms with van der Waals surface area (Å²) in [6, 6.07) is 6.00. The number of rotatable bonds is 6. The largest absolute Gasteiger partial charge is 0.456 e. The Bertz CT molecular complexity index is 1460. The number of aryl methyl sites for hydroxylation is 1. The predicted molar refractivity (Wildman–Crippen MR) is 130 cm³/mol. The standard InChI is InChI=1S/C24H23ClFN5O5/c1-11-6-18(24(35)36-10-19(33)17-9-20(28-12(2)32)29-30(17)3)31-16(11)7-13(8-21(31)34)22-15(27)5-4-14(25)23(22)26/h4-5,7-9,11,18H,6,10,27H2,1-3H3,(H,28,29,32)/t11-,18-/m0/s1. The Labute approximate surface area is 209 Å². The van der Waals surface area contributed by atoms with Gasteiger partial charge in [-0.15, -0.1) is 0 Å². The number of hydrogen-bond donors (Lipinski definition) is 2. The van der Waals surface area contributed by atoms with Crippen LogP contribution < -0.4 is 16.6 Å². The molecule has 0 radical (unpaired) electrons. The molecule has 36 heavy (non-hydrogen) atoms. The minimum Gasteiger partial charge on any atom is -0.456 e. The first-order chi connectivity index (χ1) is 17.0. The third-order valence-corrected chi connectivity index (χ3v) is 6.29. The van der Waals surface area contributed by atoms with Crippen LogP contribution in [-0.4, -0.2) is 38.6 Å². The van der Waals surface area contributed by atoms with E-state index in [0.717, 1.165) is 0 Å². The summed E-state index contributed by atoms with van der Waals surface area (Å²) in [6.07, 6.45) is 0.262. The van der Waals surface area contributed by atoms with Crippen LogP contribution in [0.25, 0.3) is 11.1 Å². The highest BCUT2D eigenvalue weighted by atomic mass is 35.5. The van der Waals surface area contributed by atoms with E-state index < -0.39 is 35.8 Å². The van der Waals surface area contributed by atoms with Gasteiger partial charge in [0.05, 0.1) is 5.02 Å². The van der Waals surface area contributed by atoms with E-state index >= 15 is 0 Å². The summed E-state index contributed by atoms with van der Waals surface area (Å²) in [5.74, 6) is -2.40. The molecular weight excluding hydrogens is 493 g/mol. The number of nitrogen functional groups attached to an aromatic ring is 1. The number of ether oxygens (including phenoxy) is 1. The molecule has 0 spiro atoms. The highest BCUT2D eigenvalue weighted by Crippen LogP contribution is 2.39. The molecule has 3 N–H and O–H groups in total. The first-order valence-corrected chi connectivity index (χ1v) is 11.4. The second-order valence-corrected chi connectivity index (χ2v) is 9.01. The number of ketones is 1. The highest BCUT2D eigenvalue weighted by Gasteiger charge is 2.36. The number of Topliss-reactive ketones (excluding diaryl/α,β-unsaturated/α-hetero) is 1. The van der Waals surface area contributed by atoms with Crippen molar-refractivity contribution in [1.29, 1.82) is 0 Å². The number of nitrogens with zero attached hydrogens (tertiary/aromatic N) is 3. The van der Waals surface area contributed by atoms with Crippen LogP contribution in [0, 0.1) is 5.82 Å². The van der Waals surface area contributed by atoms with Crippen LogP contribution in [0.4, 0.5) is 15.9 Å².